The van der Waals surface area contributed by atoms with Crippen molar-refractivity contribution >= 4 is 21.6 Å². The van der Waals surface area contributed by atoms with Gasteiger partial charge in [-0.3, -0.25) is 14.2 Å². The lowest BCUT2D eigenvalue weighted by molar-refractivity contribution is 0.102. The minimum atomic E-state index is -3.97. The SMILES string of the molecule is NS(=O)(=O)c1cccc(NC(=O)c2c[nH]c(=O)n(Cc3ccc4c(c3)OCO4)c2=O)c1. The summed E-state index contributed by atoms with van der Waals surface area (Å²) in [6, 6.07) is 10.2. The van der Waals surface area contributed by atoms with Crippen molar-refractivity contribution in [2.75, 3.05) is 12.1 Å². The Hall–Kier alpha value is -3.90. The normalized spacial score (nSPS) is 12.5. The van der Waals surface area contributed by atoms with Gasteiger partial charge in [0, 0.05) is 11.9 Å². The number of sulfonamides is 1. The number of carbonyl (C=O) groups excluding carboxylic acids is 1. The molecule has 2 heterocycles. The van der Waals surface area contributed by atoms with Crippen molar-refractivity contribution in [3.05, 3.63) is 80.6 Å². The molecular weight excluding hydrogens is 428 g/mol. The zero-order valence-corrected chi connectivity index (χ0v) is 16.6. The summed E-state index contributed by atoms with van der Waals surface area (Å²) in [6.07, 6.45) is 1.000. The summed E-state index contributed by atoms with van der Waals surface area (Å²) < 4.78 is 34.3. The summed E-state index contributed by atoms with van der Waals surface area (Å²) in [6.45, 7) is -0.0194. The fraction of sp³-hybridized carbons (Fsp3) is 0.105. The van der Waals surface area contributed by atoms with Crippen LogP contribution in [-0.4, -0.2) is 30.7 Å². The summed E-state index contributed by atoms with van der Waals surface area (Å²) in [5.74, 6) is 0.220. The molecule has 0 aliphatic carbocycles. The third-order valence-corrected chi connectivity index (χ3v) is 5.41. The number of nitrogens with zero attached hydrogens (tertiary/aromatic N) is 1. The predicted octanol–water partition coefficient (Wildman–Crippen LogP) is 0.213. The fourth-order valence-corrected chi connectivity index (χ4v) is 3.55. The van der Waals surface area contributed by atoms with Crippen molar-refractivity contribution in [3.8, 4) is 11.5 Å². The van der Waals surface area contributed by atoms with Crippen molar-refractivity contribution in [1.29, 1.82) is 0 Å². The van der Waals surface area contributed by atoms with E-state index < -0.39 is 27.2 Å². The van der Waals surface area contributed by atoms with Gasteiger partial charge in [-0.25, -0.2) is 18.4 Å². The van der Waals surface area contributed by atoms with Crippen LogP contribution in [0.4, 0.5) is 5.69 Å². The van der Waals surface area contributed by atoms with Crippen LogP contribution in [0.25, 0.3) is 0 Å². The molecule has 11 nitrogen and oxygen atoms in total. The summed E-state index contributed by atoms with van der Waals surface area (Å²) in [7, 11) is -3.97. The number of nitrogens with one attached hydrogen (secondary N) is 2. The highest BCUT2D eigenvalue weighted by Crippen LogP contribution is 2.32. The van der Waals surface area contributed by atoms with Crippen molar-refractivity contribution in [2.24, 2.45) is 5.14 Å². The number of ether oxygens (including phenoxy) is 2. The minimum Gasteiger partial charge on any atom is -0.454 e. The molecule has 0 bridgehead atoms. The number of carbonyl (C=O) groups is 1. The second-order valence-electron chi connectivity index (χ2n) is 6.61. The smallest absolute Gasteiger partial charge is 0.328 e. The topological polar surface area (TPSA) is 163 Å². The largest absolute Gasteiger partial charge is 0.454 e. The Morgan fingerprint density at radius 2 is 1.90 bits per heavy atom. The summed E-state index contributed by atoms with van der Waals surface area (Å²) in [5, 5.41) is 7.51. The Morgan fingerprint density at radius 1 is 1.13 bits per heavy atom. The quantitative estimate of drug-likeness (QED) is 0.506. The van der Waals surface area contributed by atoms with Gasteiger partial charge in [-0.15, -0.1) is 0 Å². The van der Waals surface area contributed by atoms with E-state index in [0.29, 0.717) is 17.1 Å². The van der Waals surface area contributed by atoms with Crippen LogP contribution in [0.3, 0.4) is 0 Å². The van der Waals surface area contributed by atoms with Crippen LogP contribution in [0, 0.1) is 0 Å². The second kappa shape index (κ2) is 7.74. The molecule has 160 valence electrons. The number of H-pyrrole nitrogens is 1. The molecule has 1 aliphatic heterocycles. The molecule has 31 heavy (non-hydrogen) atoms. The third kappa shape index (κ3) is 4.20. The monoisotopic (exact) mass is 444 g/mol. The lowest BCUT2D eigenvalue weighted by atomic mass is 10.2. The number of hydrogen-bond donors (Lipinski definition) is 3. The van der Waals surface area contributed by atoms with E-state index in [1.54, 1.807) is 18.2 Å². The molecule has 0 atom stereocenters. The first-order valence-electron chi connectivity index (χ1n) is 8.87. The number of primary sulfonamides is 1. The molecule has 4 N–H and O–H groups in total. The van der Waals surface area contributed by atoms with Crippen LogP contribution >= 0.6 is 0 Å². The summed E-state index contributed by atoms with van der Waals surface area (Å²) >= 11 is 0. The molecule has 0 fully saturated rings. The van der Waals surface area contributed by atoms with Gasteiger partial charge in [0.15, 0.2) is 11.5 Å². The van der Waals surface area contributed by atoms with E-state index >= 15 is 0 Å². The fourth-order valence-electron chi connectivity index (χ4n) is 2.99. The highest BCUT2D eigenvalue weighted by molar-refractivity contribution is 7.89. The predicted molar refractivity (Wildman–Crippen MR) is 109 cm³/mol. The van der Waals surface area contributed by atoms with Crippen LogP contribution in [0.5, 0.6) is 11.5 Å². The highest BCUT2D eigenvalue weighted by atomic mass is 32.2. The maximum absolute atomic E-state index is 12.8. The van der Waals surface area contributed by atoms with E-state index in [4.69, 9.17) is 14.6 Å². The lowest BCUT2D eigenvalue weighted by Gasteiger charge is -2.09. The Kier molecular flexibility index (Phi) is 5.09. The summed E-state index contributed by atoms with van der Waals surface area (Å²) in [4.78, 5) is 39.8. The second-order valence-corrected chi connectivity index (χ2v) is 8.17. The van der Waals surface area contributed by atoms with Crippen LogP contribution < -0.4 is 31.2 Å². The van der Waals surface area contributed by atoms with Gasteiger partial charge in [-0.2, -0.15) is 0 Å². The molecule has 12 heteroatoms. The van der Waals surface area contributed by atoms with Crippen LogP contribution in [-0.2, 0) is 16.6 Å². The van der Waals surface area contributed by atoms with Crippen LogP contribution in [0.2, 0.25) is 0 Å². The van der Waals surface area contributed by atoms with E-state index in [9.17, 15) is 22.8 Å². The first-order chi connectivity index (χ1) is 14.7. The number of amides is 1. The number of benzene rings is 2. The van der Waals surface area contributed by atoms with E-state index in [1.165, 1.54) is 18.2 Å². The molecule has 2 aromatic carbocycles. The molecule has 3 aromatic rings. The minimum absolute atomic E-state index is 0.0850. The van der Waals surface area contributed by atoms with Gasteiger partial charge >= 0.3 is 5.69 Å². The average molecular weight is 444 g/mol. The highest BCUT2D eigenvalue weighted by Gasteiger charge is 2.18. The Bertz CT molecular complexity index is 1410. The number of hydrogen-bond acceptors (Lipinski definition) is 7. The molecule has 1 aliphatic rings. The number of aromatic amines is 1. The molecule has 0 unspecified atom stereocenters. The molecule has 1 aromatic heterocycles. The summed E-state index contributed by atoms with van der Waals surface area (Å²) in [5.41, 5.74) is -1.14. The Morgan fingerprint density at radius 3 is 2.68 bits per heavy atom. The maximum Gasteiger partial charge on any atom is 0.328 e. The number of nitrogens with two attached hydrogens (primary N) is 1. The molecule has 0 saturated carbocycles. The number of fused-ring (bicyclic) bond motifs is 1. The van der Waals surface area contributed by atoms with Gasteiger partial charge < -0.3 is 19.8 Å². The lowest BCUT2D eigenvalue weighted by Crippen LogP contribution is -2.39. The number of rotatable bonds is 5. The van der Waals surface area contributed by atoms with Crippen LogP contribution in [0.15, 0.2) is 63.1 Å². The van der Waals surface area contributed by atoms with Crippen molar-refractivity contribution in [1.82, 2.24) is 9.55 Å². The van der Waals surface area contributed by atoms with E-state index in [2.05, 4.69) is 10.3 Å². The zero-order chi connectivity index (χ0) is 22.2. The van der Waals surface area contributed by atoms with Gasteiger partial charge in [0.1, 0.15) is 5.56 Å². The molecule has 4 rings (SSSR count). The van der Waals surface area contributed by atoms with E-state index in [-0.39, 0.29) is 29.5 Å². The number of anilines is 1. The van der Waals surface area contributed by atoms with Crippen LogP contribution in [0.1, 0.15) is 15.9 Å². The van der Waals surface area contributed by atoms with E-state index in [1.807, 2.05) is 0 Å². The molecule has 0 spiro atoms. The number of aromatic nitrogens is 2. The Labute approximate surface area is 175 Å². The molecule has 1 amide bonds. The van der Waals surface area contributed by atoms with Crippen molar-refractivity contribution in [2.45, 2.75) is 11.4 Å². The van der Waals surface area contributed by atoms with Crippen molar-refractivity contribution < 1.29 is 22.7 Å². The molecule has 0 radical (unpaired) electrons. The third-order valence-electron chi connectivity index (χ3n) is 4.50. The van der Waals surface area contributed by atoms with Gasteiger partial charge in [0.2, 0.25) is 16.8 Å². The van der Waals surface area contributed by atoms with Gasteiger partial charge in [-0.1, -0.05) is 12.1 Å². The van der Waals surface area contributed by atoms with Gasteiger partial charge in [-0.05, 0) is 35.9 Å². The average Bonchev–Trinajstić information content (AvgIpc) is 3.18. The maximum atomic E-state index is 12.8. The van der Waals surface area contributed by atoms with Gasteiger partial charge in [0.25, 0.3) is 11.5 Å². The molecular formula is C19H16N4O7S. The van der Waals surface area contributed by atoms with Crippen molar-refractivity contribution in [3.63, 3.8) is 0 Å². The molecule has 0 saturated heterocycles. The first kappa shape index (κ1) is 20.4. The first-order valence-corrected chi connectivity index (χ1v) is 10.4. The van der Waals surface area contributed by atoms with E-state index in [0.717, 1.165) is 16.8 Å². The zero-order valence-electron chi connectivity index (χ0n) is 15.8. The Balaban J connectivity index is 1.62. The standard InChI is InChI=1S/C19H16N4O7S/c20-31(27,28)13-3-1-2-12(7-13)22-17(24)14-8-21-19(26)23(18(14)25)9-11-4-5-15-16(6-11)30-10-29-15/h1-8H,9-10H2,(H,21,26)(H,22,24)(H2,20,27,28). The van der Waals surface area contributed by atoms with Gasteiger partial charge in [0.05, 0.1) is 11.4 Å².